The van der Waals surface area contributed by atoms with Crippen molar-refractivity contribution in [1.29, 1.82) is 0 Å². The molecule has 1 aromatic carbocycles. The van der Waals surface area contributed by atoms with E-state index in [-0.39, 0.29) is 30.1 Å². The summed E-state index contributed by atoms with van der Waals surface area (Å²) in [5.41, 5.74) is 0.643. The van der Waals surface area contributed by atoms with Gasteiger partial charge < -0.3 is 10.2 Å². The van der Waals surface area contributed by atoms with E-state index in [1.807, 2.05) is 18.2 Å². The first-order valence-corrected chi connectivity index (χ1v) is 7.23. The average Bonchev–Trinajstić information content (AvgIpc) is 2.96. The van der Waals surface area contributed by atoms with Crippen LogP contribution in [0.3, 0.4) is 0 Å². The SMILES string of the molecule is CC(=O)NCCC(=O)N1CCCC1C(=O)c1ccccc1. The minimum absolute atomic E-state index is 0.000905. The van der Waals surface area contributed by atoms with Gasteiger partial charge in [0, 0.05) is 32.0 Å². The molecule has 1 aliphatic heterocycles. The maximum absolute atomic E-state index is 12.5. The highest BCUT2D eigenvalue weighted by Gasteiger charge is 2.33. The van der Waals surface area contributed by atoms with Crippen LogP contribution in [0.1, 0.15) is 36.5 Å². The van der Waals surface area contributed by atoms with Gasteiger partial charge in [0.25, 0.3) is 0 Å². The van der Waals surface area contributed by atoms with Crippen LogP contribution in [0.2, 0.25) is 0 Å². The Bertz CT molecular complexity index is 528. The molecule has 21 heavy (non-hydrogen) atoms. The second-order valence-corrected chi connectivity index (χ2v) is 5.21. The van der Waals surface area contributed by atoms with Gasteiger partial charge in [-0.05, 0) is 12.8 Å². The molecule has 2 rings (SSSR count). The molecule has 5 heteroatoms. The second kappa shape index (κ2) is 7.02. The summed E-state index contributed by atoms with van der Waals surface area (Å²) in [7, 11) is 0. The fraction of sp³-hybridized carbons (Fsp3) is 0.438. The molecule has 1 saturated heterocycles. The third-order valence-electron chi connectivity index (χ3n) is 3.65. The molecule has 1 aromatic rings. The van der Waals surface area contributed by atoms with Crippen molar-refractivity contribution in [3.63, 3.8) is 0 Å². The number of hydrogen-bond donors (Lipinski definition) is 1. The van der Waals surface area contributed by atoms with Gasteiger partial charge in [0.05, 0.1) is 6.04 Å². The Labute approximate surface area is 124 Å². The zero-order valence-electron chi connectivity index (χ0n) is 12.2. The van der Waals surface area contributed by atoms with Crippen LogP contribution >= 0.6 is 0 Å². The summed E-state index contributed by atoms with van der Waals surface area (Å²) in [4.78, 5) is 37.1. The molecular formula is C16H20N2O3. The molecular weight excluding hydrogens is 268 g/mol. The molecule has 112 valence electrons. The van der Waals surface area contributed by atoms with Gasteiger partial charge >= 0.3 is 0 Å². The molecule has 0 radical (unpaired) electrons. The number of nitrogens with one attached hydrogen (secondary N) is 1. The molecule has 1 heterocycles. The number of rotatable bonds is 5. The Morgan fingerprint density at radius 3 is 2.62 bits per heavy atom. The molecule has 1 unspecified atom stereocenters. The largest absolute Gasteiger partial charge is 0.356 e. The first-order valence-electron chi connectivity index (χ1n) is 7.23. The van der Waals surface area contributed by atoms with Crippen LogP contribution in [0.5, 0.6) is 0 Å². The van der Waals surface area contributed by atoms with Crippen LogP contribution in [-0.4, -0.2) is 41.6 Å². The van der Waals surface area contributed by atoms with Crippen molar-refractivity contribution < 1.29 is 14.4 Å². The van der Waals surface area contributed by atoms with Crippen molar-refractivity contribution in [3.05, 3.63) is 35.9 Å². The van der Waals surface area contributed by atoms with E-state index < -0.39 is 0 Å². The highest BCUT2D eigenvalue weighted by Crippen LogP contribution is 2.22. The molecule has 0 bridgehead atoms. The number of amides is 2. The van der Waals surface area contributed by atoms with Gasteiger partial charge in [-0.1, -0.05) is 30.3 Å². The molecule has 0 saturated carbocycles. The van der Waals surface area contributed by atoms with E-state index in [4.69, 9.17) is 0 Å². The lowest BCUT2D eigenvalue weighted by molar-refractivity contribution is -0.131. The van der Waals surface area contributed by atoms with Crippen molar-refractivity contribution in [2.24, 2.45) is 0 Å². The summed E-state index contributed by atoms with van der Waals surface area (Å²) >= 11 is 0. The molecule has 1 aliphatic rings. The van der Waals surface area contributed by atoms with Gasteiger partial charge in [0.15, 0.2) is 5.78 Å². The number of benzene rings is 1. The lowest BCUT2D eigenvalue weighted by Gasteiger charge is -2.23. The third-order valence-corrected chi connectivity index (χ3v) is 3.65. The van der Waals surface area contributed by atoms with Crippen molar-refractivity contribution in [2.75, 3.05) is 13.1 Å². The molecule has 2 amide bonds. The molecule has 0 aliphatic carbocycles. The molecule has 1 atom stereocenters. The predicted molar refractivity (Wildman–Crippen MR) is 78.8 cm³/mol. The van der Waals surface area contributed by atoms with Crippen molar-refractivity contribution in [2.45, 2.75) is 32.2 Å². The van der Waals surface area contributed by atoms with Crippen LogP contribution in [0.15, 0.2) is 30.3 Å². The van der Waals surface area contributed by atoms with Crippen molar-refractivity contribution >= 4 is 17.6 Å². The summed E-state index contributed by atoms with van der Waals surface area (Å²) in [6, 6.07) is 8.71. The van der Waals surface area contributed by atoms with Crippen molar-refractivity contribution in [3.8, 4) is 0 Å². The van der Waals surface area contributed by atoms with Crippen LogP contribution in [0.25, 0.3) is 0 Å². The number of likely N-dealkylation sites (tertiary alicyclic amines) is 1. The van der Waals surface area contributed by atoms with Gasteiger partial charge in [-0.25, -0.2) is 0 Å². The quantitative estimate of drug-likeness (QED) is 0.833. The summed E-state index contributed by atoms with van der Waals surface area (Å²) < 4.78 is 0. The fourth-order valence-electron chi connectivity index (χ4n) is 2.62. The smallest absolute Gasteiger partial charge is 0.224 e. The summed E-state index contributed by atoms with van der Waals surface area (Å²) in [6.45, 7) is 2.35. The number of Topliss-reactive ketones (excluding diaryl/α,β-unsaturated/α-hetero) is 1. The number of carbonyl (C=O) groups excluding carboxylic acids is 3. The van der Waals surface area contributed by atoms with Gasteiger partial charge in [0.2, 0.25) is 11.8 Å². The Balaban J connectivity index is 1.98. The van der Waals surface area contributed by atoms with Crippen LogP contribution in [0.4, 0.5) is 0 Å². The van der Waals surface area contributed by atoms with E-state index in [2.05, 4.69) is 5.32 Å². The summed E-state index contributed by atoms with van der Waals surface area (Å²) in [5, 5.41) is 2.60. The maximum Gasteiger partial charge on any atom is 0.224 e. The van der Waals surface area contributed by atoms with E-state index >= 15 is 0 Å². The van der Waals surface area contributed by atoms with Crippen LogP contribution < -0.4 is 5.32 Å². The lowest BCUT2D eigenvalue weighted by atomic mass is 10.0. The predicted octanol–water partition coefficient (Wildman–Crippen LogP) is 1.39. The van der Waals surface area contributed by atoms with Crippen LogP contribution in [0, 0.1) is 0 Å². The molecule has 0 spiro atoms. The van der Waals surface area contributed by atoms with Gasteiger partial charge in [-0.3, -0.25) is 14.4 Å². The Kier molecular flexibility index (Phi) is 5.09. The second-order valence-electron chi connectivity index (χ2n) is 5.21. The highest BCUT2D eigenvalue weighted by molar-refractivity contribution is 6.02. The Morgan fingerprint density at radius 1 is 1.24 bits per heavy atom. The summed E-state index contributed by atoms with van der Waals surface area (Å²) in [5.74, 6) is -0.224. The normalized spacial score (nSPS) is 17.6. The van der Waals surface area contributed by atoms with E-state index in [1.54, 1.807) is 17.0 Å². The molecule has 5 nitrogen and oxygen atoms in total. The molecule has 1 N–H and O–H groups in total. The van der Waals surface area contributed by atoms with E-state index in [0.29, 0.717) is 25.1 Å². The maximum atomic E-state index is 12.5. The fourth-order valence-corrected chi connectivity index (χ4v) is 2.62. The van der Waals surface area contributed by atoms with Crippen molar-refractivity contribution in [1.82, 2.24) is 10.2 Å². The van der Waals surface area contributed by atoms with Gasteiger partial charge in [0.1, 0.15) is 0 Å². The lowest BCUT2D eigenvalue weighted by Crippen LogP contribution is -2.41. The van der Waals surface area contributed by atoms with E-state index in [0.717, 1.165) is 6.42 Å². The van der Waals surface area contributed by atoms with Gasteiger partial charge in [-0.15, -0.1) is 0 Å². The minimum Gasteiger partial charge on any atom is -0.356 e. The number of carbonyl (C=O) groups is 3. The van der Waals surface area contributed by atoms with Crippen LogP contribution in [-0.2, 0) is 9.59 Å². The third kappa shape index (κ3) is 3.90. The van der Waals surface area contributed by atoms with E-state index in [1.165, 1.54) is 6.92 Å². The number of hydrogen-bond acceptors (Lipinski definition) is 3. The molecule has 1 fully saturated rings. The summed E-state index contributed by atoms with van der Waals surface area (Å²) in [6.07, 6.45) is 1.78. The highest BCUT2D eigenvalue weighted by atomic mass is 16.2. The Morgan fingerprint density at radius 2 is 1.95 bits per heavy atom. The zero-order valence-corrected chi connectivity index (χ0v) is 12.2. The average molecular weight is 288 g/mol. The first-order chi connectivity index (χ1) is 10.1. The first kappa shape index (κ1) is 15.2. The minimum atomic E-state index is -0.364. The Hall–Kier alpha value is -2.17. The van der Waals surface area contributed by atoms with E-state index in [9.17, 15) is 14.4 Å². The van der Waals surface area contributed by atoms with Gasteiger partial charge in [-0.2, -0.15) is 0 Å². The topological polar surface area (TPSA) is 66.5 Å². The standard InChI is InChI=1S/C16H20N2O3/c1-12(19)17-10-9-15(20)18-11-5-8-14(18)16(21)13-6-3-2-4-7-13/h2-4,6-7,14H,5,8-11H2,1H3,(H,17,19). The monoisotopic (exact) mass is 288 g/mol. The molecule has 0 aromatic heterocycles. The number of nitrogens with zero attached hydrogens (tertiary/aromatic N) is 1. The number of ketones is 1. The zero-order chi connectivity index (χ0) is 15.2.